The van der Waals surface area contributed by atoms with Crippen molar-refractivity contribution in [1.29, 1.82) is 0 Å². The third-order valence-electron chi connectivity index (χ3n) is 4.46. The Balaban J connectivity index is 1.90. The third kappa shape index (κ3) is 3.00. The summed E-state index contributed by atoms with van der Waals surface area (Å²) in [6, 6.07) is 14.0. The van der Waals surface area contributed by atoms with Crippen LogP contribution in [0, 0.1) is 0 Å². The van der Waals surface area contributed by atoms with E-state index in [9.17, 15) is 13.2 Å². The van der Waals surface area contributed by atoms with Crippen LogP contribution in [0.1, 0.15) is 9.67 Å². The summed E-state index contributed by atoms with van der Waals surface area (Å²) >= 11 is 8.42. The van der Waals surface area contributed by atoms with Gasteiger partial charge in [0, 0.05) is 28.9 Å². The lowest BCUT2D eigenvalue weighted by Gasteiger charge is -2.28. The van der Waals surface area contributed by atoms with Crippen molar-refractivity contribution in [1.82, 2.24) is 0 Å². The zero-order valence-corrected chi connectivity index (χ0v) is 18.1. The number of sulfonamides is 1. The van der Waals surface area contributed by atoms with Crippen LogP contribution in [-0.2, 0) is 10.0 Å². The first-order valence-corrected chi connectivity index (χ1v) is 12.1. The lowest BCUT2D eigenvalue weighted by atomic mass is 10.0. The largest absolute Gasteiger partial charge is 0.321 e. The molecule has 2 aromatic carbocycles. The van der Waals surface area contributed by atoms with Crippen LogP contribution < -0.4 is 9.62 Å². The molecule has 28 heavy (non-hydrogen) atoms. The van der Waals surface area contributed by atoms with Crippen LogP contribution >= 0.6 is 34.7 Å². The minimum absolute atomic E-state index is 0.201. The van der Waals surface area contributed by atoms with E-state index in [0.29, 0.717) is 31.0 Å². The summed E-state index contributed by atoms with van der Waals surface area (Å²) in [5, 5.41) is 3.41. The first-order chi connectivity index (χ1) is 13.3. The molecule has 5 nitrogen and oxygen atoms in total. The molecule has 144 valence electrons. The highest BCUT2D eigenvalue weighted by atomic mass is 35.5. The number of carbonyl (C=O) groups excluding carboxylic acids is 1. The van der Waals surface area contributed by atoms with Crippen LogP contribution in [0.3, 0.4) is 0 Å². The van der Waals surface area contributed by atoms with Gasteiger partial charge in [0.1, 0.15) is 9.77 Å². The SMILES string of the molecule is CSc1sc(C(=O)Nc2ccc(Cl)cc2)c2c1S(=O)(=O)N(C)c1ccccc1-2. The van der Waals surface area contributed by atoms with Crippen LogP contribution in [-0.4, -0.2) is 27.6 Å². The summed E-state index contributed by atoms with van der Waals surface area (Å²) in [6.07, 6.45) is 1.81. The molecule has 0 bridgehead atoms. The monoisotopic (exact) mass is 450 g/mol. The summed E-state index contributed by atoms with van der Waals surface area (Å²) in [6.45, 7) is 0. The second kappa shape index (κ2) is 7.11. The highest BCUT2D eigenvalue weighted by molar-refractivity contribution is 8.01. The Labute approximate surface area is 176 Å². The normalized spacial score (nSPS) is 14.3. The van der Waals surface area contributed by atoms with Crippen LogP contribution in [0.4, 0.5) is 11.4 Å². The van der Waals surface area contributed by atoms with E-state index in [0.717, 1.165) is 5.56 Å². The number of para-hydroxylation sites is 1. The van der Waals surface area contributed by atoms with E-state index in [1.807, 2.05) is 18.4 Å². The Kier molecular flexibility index (Phi) is 4.91. The standard InChI is InChI=1S/C19H15ClN2O3S3/c1-22-14-6-4-3-5-13(14)15-16(27-19(26-2)17(15)28(22,24)25)18(23)21-12-9-7-11(20)8-10-12/h3-10H,1-2H3,(H,21,23). The van der Waals surface area contributed by atoms with Gasteiger partial charge in [0.2, 0.25) is 0 Å². The van der Waals surface area contributed by atoms with E-state index < -0.39 is 10.0 Å². The zero-order valence-electron chi connectivity index (χ0n) is 14.9. The van der Waals surface area contributed by atoms with Crippen molar-refractivity contribution in [3.63, 3.8) is 0 Å². The van der Waals surface area contributed by atoms with E-state index in [2.05, 4.69) is 5.32 Å². The highest BCUT2D eigenvalue weighted by Gasteiger charge is 2.39. The van der Waals surface area contributed by atoms with E-state index in [4.69, 9.17) is 11.6 Å². The number of rotatable bonds is 3. The van der Waals surface area contributed by atoms with Gasteiger partial charge in [0.05, 0.1) is 9.90 Å². The van der Waals surface area contributed by atoms with Gasteiger partial charge in [0.15, 0.2) is 0 Å². The summed E-state index contributed by atoms with van der Waals surface area (Å²) in [5.41, 5.74) is 2.34. The van der Waals surface area contributed by atoms with Gasteiger partial charge >= 0.3 is 0 Å². The van der Waals surface area contributed by atoms with Gasteiger partial charge in [0.25, 0.3) is 15.9 Å². The molecular weight excluding hydrogens is 436 g/mol. The molecule has 1 aliphatic heterocycles. The molecule has 2 heterocycles. The molecular formula is C19H15ClN2O3S3. The fourth-order valence-corrected chi connectivity index (χ4v) is 7.39. The molecule has 4 rings (SSSR count). The number of anilines is 2. The predicted octanol–water partition coefficient (Wildman–Crippen LogP) is 5.18. The maximum atomic E-state index is 13.2. The number of carbonyl (C=O) groups is 1. The lowest BCUT2D eigenvalue weighted by molar-refractivity contribution is 0.103. The van der Waals surface area contributed by atoms with Crippen molar-refractivity contribution < 1.29 is 13.2 Å². The number of nitrogens with zero attached hydrogens (tertiary/aromatic N) is 1. The van der Waals surface area contributed by atoms with Gasteiger partial charge in [-0.25, -0.2) is 8.42 Å². The van der Waals surface area contributed by atoms with E-state index in [-0.39, 0.29) is 10.8 Å². The summed E-state index contributed by atoms with van der Waals surface area (Å²) in [7, 11) is -2.21. The van der Waals surface area contributed by atoms with Crippen LogP contribution in [0.5, 0.6) is 0 Å². The summed E-state index contributed by atoms with van der Waals surface area (Å²) in [5.74, 6) is -0.349. The van der Waals surface area contributed by atoms with E-state index in [1.165, 1.54) is 34.5 Å². The zero-order chi connectivity index (χ0) is 20.1. The van der Waals surface area contributed by atoms with Crippen molar-refractivity contribution in [3.05, 3.63) is 58.4 Å². The first kappa shape index (κ1) is 19.3. The number of benzene rings is 2. The molecule has 0 radical (unpaired) electrons. The molecule has 0 atom stereocenters. The quantitative estimate of drug-likeness (QED) is 0.558. The lowest BCUT2D eigenvalue weighted by Crippen LogP contribution is -2.30. The molecule has 0 unspecified atom stereocenters. The number of fused-ring (bicyclic) bond motifs is 3. The number of nitrogens with one attached hydrogen (secondary N) is 1. The maximum absolute atomic E-state index is 13.2. The number of thiophene rings is 1. The Morgan fingerprint density at radius 2 is 1.82 bits per heavy atom. The molecule has 1 aliphatic rings. The molecule has 0 spiro atoms. The minimum Gasteiger partial charge on any atom is -0.321 e. The van der Waals surface area contributed by atoms with Crippen molar-refractivity contribution in [2.75, 3.05) is 22.9 Å². The number of hydrogen-bond donors (Lipinski definition) is 1. The van der Waals surface area contributed by atoms with Crippen LogP contribution in [0.2, 0.25) is 5.02 Å². The Morgan fingerprint density at radius 1 is 1.14 bits per heavy atom. The average Bonchev–Trinajstić information content (AvgIpc) is 3.09. The molecule has 9 heteroatoms. The van der Waals surface area contributed by atoms with Crippen molar-refractivity contribution in [2.45, 2.75) is 9.10 Å². The maximum Gasteiger partial charge on any atom is 0.266 e. The van der Waals surface area contributed by atoms with Gasteiger partial charge in [-0.3, -0.25) is 9.10 Å². The highest BCUT2D eigenvalue weighted by Crippen LogP contribution is 2.51. The molecule has 0 aliphatic carbocycles. The molecule has 0 saturated carbocycles. The Bertz CT molecular complexity index is 1190. The molecule has 3 aromatic rings. The predicted molar refractivity (Wildman–Crippen MR) is 117 cm³/mol. The van der Waals surface area contributed by atoms with E-state index in [1.54, 1.807) is 36.4 Å². The fourth-order valence-electron chi connectivity index (χ4n) is 3.12. The van der Waals surface area contributed by atoms with Crippen LogP contribution in [0.15, 0.2) is 57.6 Å². The average molecular weight is 451 g/mol. The van der Waals surface area contributed by atoms with Gasteiger partial charge in [-0.2, -0.15) is 0 Å². The van der Waals surface area contributed by atoms with Crippen LogP contribution in [0.25, 0.3) is 11.1 Å². The van der Waals surface area contributed by atoms with Crippen molar-refractivity contribution >= 4 is 62.0 Å². The Morgan fingerprint density at radius 3 is 2.50 bits per heavy atom. The van der Waals surface area contributed by atoms with Gasteiger partial charge < -0.3 is 5.32 Å². The molecule has 1 N–H and O–H groups in total. The van der Waals surface area contributed by atoms with Crippen molar-refractivity contribution in [3.8, 4) is 11.1 Å². The summed E-state index contributed by atoms with van der Waals surface area (Å²) in [4.78, 5) is 13.6. The first-order valence-electron chi connectivity index (χ1n) is 8.20. The number of thioether (sulfide) groups is 1. The Hall–Kier alpha value is -2.00. The topological polar surface area (TPSA) is 66.5 Å². The second-order valence-corrected chi connectivity index (χ2v) is 10.5. The molecule has 1 amide bonds. The second-order valence-electron chi connectivity index (χ2n) is 6.08. The third-order valence-corrected chi connectivity index (χ3v) is 9.12. The van der Waals surface area contributed by atoms with Crippen molar-refractivity contribution in [2.24, 2.45) is 0 Å². The number of hydrogen-bond acceptors (Lipinski definition) is 5. The van der Waals surface area contributed by atoms with Gasteiger partial charge in [-0.15, -0.1) is 23.1 Å². The van der Waals surface area contributed by atoms with E-state index >= 15 is 0 Å². The number of halogens is 1. The minimum atomic E-state index is -3.74. The molecule has 0 saturated heterocycles. The summed E-state index contributed by atoms with van der Waals surface area (Å²) < 4.78 is 28.2. The van der Waals surface area contributed by atoms with Gasteiger partial charge in [-0.1, -0.05) is 29.8 Å². The number of amides is 1. The molecule has 0 fully saturated rings. The van der Waals surface area contributed by atoms with Gasteiger partial charge in [-0.05, 0) is 36.6 Å². The fraction of sp³-hybridized carbons (Fsp3) is 0.105. The molecule has 1 aromatic heterocycles. The smallest absolute Gasteiger partial charge is 0.266 e.